The topological polar surface area (TPSA) is 9.23 Å². The van der Waals surface area contributed by atoms with E-state index in [0.29, 0.717) is 6.10 Å². The molecule has 1 atom stereocenters. The fourth-order valence-electron chi connectivity index (χ4n) is 2.18. The van der Waals surface area contributed by atoms with E-state index in [1.54, 1.807) is 0 Å². The van der Waals surface area contributed by atoms with Crippen molar-refractivity contribution in [1.82, 2.24) is 0 Å². The van der Waals surface area contributed by atoms with Crippen molar-refractivity contribution in [2.24, 2.45) is 0 Å². The van der Waals surface area contributed by atoms with E-state index < -0.39 is 0 Å². The van der Waals surface area contributed by atoms with Crippen molar-refractivity contribution in [2.45, 2.75) is 57.0 Å². The van der Waals surface area contributed by atoms with Crippen molar-refractivity contribution in [3.8, 4) is 0 Å². The lowest BCUT2D eigenvalue weighted by Crippen LogP contribution is -2.11. The third-order valence-electron chi connectivity index (χ3n) is 3.50. The molecule has 0 radical (unpaired) electrons. The number of rotatable bonds is 3. The van der Waals surface area contributed by atoms with Crippen molar-refractivity contribution in [2.75, 3.05) is 12.4 Å². The van der Waals surface area contributed by atoms with Crippen LogP contribution in [-0.4, -0.2) is 18.5 Å². The van der Waals surface area contributed by atoms with Gasteiger partial charge in [0.05, 0.1) is 6.10 Å². The molecule has 0 amide bonds. The monoisotopic (exact) mass is 264 g/mol. The van der Waals surface area contributed by atoms with E-state index in [1.165, 1.54) is 28.9 Å². The third-order valence-corrected chi connectivity index (χ3v) is 4.79. The van der Waals surface area contributed by atoms with Gasteiger partial charge in [0.25, 0.3) is 0 Å². The van der Waals surface area contributed by atoms with Gasteiger partial charge in [0.2, 0.25) is 0 Å². The van der Waals surface area contributed by atoms with Crippen molar-refractivity contribution < 1.29 is 4.74 Å². The van der Waals surface area contributed by atoms with Crippen LogP contribution in [0.5, 0.6) is 0 Å². The summed E-state index contributed by atoms with van der Waals surface area (Å²) in [6, 6.07) is 6.86. The fourth-order valence-corrected chi connectivity index (χ4v) is 3.31. The normalized spacial score (nSPS) is 20.3. The highest BCUT2D eigenvalue weighted by atomic mass is 32.2. The Labute approximate surface area is 115 Å². The van der Waals surface area contributed by atoms with E-state index >= 15 is 0 Å². The number of hydrogen-bond donors (Lipinski definition) is 0. The first kappa shape index (κ1) is 14.0. The van der Waals surface area contributed by atoms with Gasteiger partial charge >= 0.3 is 0 Å². The zero-order valence-corrected chi connectivity index (χ0v) is 12.8. The zero-order chi connectivity index (χ0) is 13.2. The average molecular weight is 264 g/mol. The van der Waals surface area contributed by atoms with Crippen LogP contribution in [0.1, 0.15) is 44.7 Å². The van der Waals surface area contributed by atoms with Crippen LogP contribution in [-0.2, 0) is 10.2 Å². The second kappa shape index (κ2) is 5.66. The SMILES string of the molecule is Cc1ccc(C(C)(C)C)cc1SCC1CCCO1. The lowest BCUT2D eigenvalue weighted by atomic mass is 9.87. The standard InChI is InChI=1S/C16H24OS/c1-12-7-8-13(16(2,3)4)10-15(12)18-11-14-6-5-9-17-14/h7-8,10,14H,5-6,9,11H2,1-4H3. The highest BCUT2D eigenvalue weighted by Crippen LogP contribution is 2.31. The molecule has 0 spiro atoms. The van der Waals surface area contributed by atoms with Crippen LogP contribution in [0.2, 0.25) is 0 Å². The van der Waals surface area contributed by atoms with Gasteiger partial charge in [-0.05, 0) is 42.4 Å². The minimum Gasteiger partial charge on any atom is -0.377 e. The average Bonchev–Trinajstić information content (AvgIpc) is 2.79. The summed E-state index contributed by atoms with van der Waals surface area (Å²) < 4.78 is 5.69. The largest absolute Gasteiger partial charge is 0.377 e. The van der Waals surface area contributed by atoms with E-state index in [2.05, 4.69) is 45.9 Å². The maximum Gasteiger partial charge on any atom is 0.0669 e. The fraction of sp³-hybridized carbons (Fsp3) is 0.625. The molecular formula is C16H24OS. The summed E-state index contributed by atoms with van der Waals surface area (Å²) in [5.41, 5.74) is 3.03. The van der Waals surface area contributed by atoms with Crippen LogP contribution < -0.4 is 0 Å². The summed E-state index contributed by atoms with van der Waals surface area (Å²) in [7, 11) is 0. The number of ether oxygens (including phenoxy) is 1. The number of aryl methyl sites for hydroxylation is 1. The molecule has 18 heavy (non-hydrogen) atoms. The van der Waals surface area contributed by atoms with Gasteiger partial charge in [-0.2, -0.15) is 0 Å². The molecule has 0 bridgehead atoms. The molecule has 0 N–H and O–H groups in total. The molecule has 1 aliphatic rings. The maximum absolute atomic E-state index is 5.69. The Kier molecular flexibility index (Phi) is 4.39. The molecule has 1 aliphatic heterocycles. The Hall–Kier alpha value is -0.470. The number of hydrogen-bond acceptors (Lipinski definition) is 2. The van der Waals surface area contributed by atoms with Gasteiger partial charge in [0, 0.05) is 17.3 Å². The Balaban J connectivity index is 2.06. The molecule has 100 valence electrons. The summed E-state index contributed by atoms with van der Waals surface area (Å²) in [5, 5.41) is 0. The van der Waals surface area contributed by atoms with Crippen molar-refractivity contribution >= 4 is 11.8 Å². The molecule has 0 aromatic heterocycles. The summed E-state index contributed by atoms with van der Waals surface area (Å²) >= 11 is 1.95. The Bertz CT molecular complexity index is 400. The van der Waals surface area contributed by atoms with Gasteiger partial charge in [-0.1, -0.05) is 32.9 Å². The quantitative estimate of drug-likeness (QED) is 0.740. The summed E-state index contributed by atoms with van der Waals surface area (Å²) in [6.07, 6.45) is 2.92. The van der Waals surface area contributed by atoms with E-state index in [1.807, 2.05) is 11.8 Å². The van der Waals surface area contributed by atoms with Crippen LogP contribution in [0.15, 0.2) is 23.1 Å². The highest BCUT2D eigenvalue weighted by Gasteiger charge is 2.18. The summed E-state index contributed by atoms with van der Waals surface area (Å²) in [6.45, 7) is 9.96. The van der Waals surface area contributed by atoms with Crippen molar-refractivity contribution in [1.29, 1.82) is 0 Å². The molecule has 1 unspecified atom stereocenters. The third kappa shape index (κ3) is 3.52. The maximum atomic E-state index is 5.69. The second-order valence-corrected chi connectivity index (χ2v) is 7.24. The van der Waals surface area contributed by atoms with E-state index in [9.17, 15) is 0 Å². The van der Waals surface area contributed by atoms with E-state index in [0.717, 1.165) is 12.4 Å². The van der Waals surface area contributed by atoms with E-state index in [4.69, 9.17) is 4.74 Å². The zero-order valence-electron chi connectivity index (χ0n) is 12.0. The second-order valence-electron chi connectivity index (χ2n) is 6.18. The van der Waals surface area contributed by atoms with Crippen molar-refractivity contribution in [3.05, 3.63) is 29.3 Å². The van der Waals surface area contributed by atoms with Crippen LogP contribution in [0, 0.1) is 6.92 Å². The Morgan fingerprint density at radius 2 is 2.11 bits per heavy atom. The minimum atomic E-state index is 0.229. The van der Waals surface area contributed by atoms with Gasteiger partial charge in [0.1, 0.15) is 0 Å². The molecule has 0 saturated carbocycles. The first-order valence-corrected chi connectivity index (χ1v) is 7.81. The number of benzene rings is 1. The first-order chi connectivity index (χ1) is 8.47. The first-order valence-electron chi connectivity index (χ1n) is 6.82. The van der Waals surface area contributed by atoms with Crippen LogP contribution in [0.3, 0.4) is 0 Å². The minimum absolute atomic E-state index is 0.229. The molecule has 1 aromatic rings. The van der Waals surface area contributed by atoms with Crippen LogP contribution >= 0.6 is 11.8 Å². The summed E-state index contributed by atoms with van der Waals surface area (Å²) in [5.74, 6) is 1.09. The Morgan fingerprint density at radius 1 is 1.33 bits per heavy atom. The number of thioether (sulfide) groups is 1. The molecule has 2 heteroatoms. The molecule has 1 saturated heterocycles. The molecule has 1 fully saturated rings. The molecule has 0 aliphatic carbocycles. The van der Waals surface area contributed by atoms with Gasteiger partial charge in [-0.15, -0.1) is 11.8 Å². The highest BCUT2D eigenvalue weighted by molar-refractivity contribution is 7.99. The predicted octanol–water partition coefficient (Wildman–Crippen LogP) is 4.56. The molecule has 1 heterocycles. The summed E-state index contributed by atoms with van der Waals surface area (Å²) in [4.78, 5) is 1.41. The van der Waals surface area contributed by atoms with E-state index in [-0.39, 0.29) is 5.41 Å². The molecule has 1 nitrogen and oxygen atoms in total. The molecule has 2 rings (SSSR count). The lowest BCUT2D eigenvalue weighted by Gasteiger charge is -2.21. The Morgan fingerprint density at radius 3 is 2.72 bits per heavy atom. The van der Waals surface area contributed by atoms with Crippen LogP contribution in [0.25, 0.3) is 0 Å². The lowest BCUT2D eigenvalue weighted by molar-refractivity contribution is 0.129. The van der Waals surface area contributed by atoms with Gasteiger partial charge < -0.3 is 4.74 Å². The van der Waals surface area contributed by atoms with Crippen molar-refractivity contribution in [3.63, 3.8) is 0 Å². The smallest absolute Gasteiger partial charge is 0.0669 e. The molecule has 1 aromatic carbocycles. The predicted molar refractivity (Wildman–Crippen MR) is 79.6 cm³/mol. The van der Waals surface area contributed by atoms with Gasteiger partial charge in [-0.25, -0.2) is 0 Å². The van der Waals surface area contributed by atoms with Crippen LogP contribution in [0.4, 0.5) is 0 Å². The molecular weight excluding hydrogens is 240 g/mol. The van der Waals surface area contributed by atoms with Gasteiger partial charge in [0.15, 0.2) is 0 Å². The van der Waals surface area contributed by atoms with Gasteiger partial charge in [-0.3, -0.25) is 0 Å².